The Kier molecular flexibility index (Phi) is 2.35. The number of nitrogens with one attached hydrogen (secondary N) is 2. The average molecular weight is 221 g/mol. The van der Waals surface area contributed by atoms with Crippen LogP contribution in [0.1, 0.15) is 21.7 Å². The molecule has 4 N–H and O–H groups in total. The highest BCUT2D eigenvalue weighted by Gasteiger charge is 2.16. The second kappa shape index (κ2) is 3.69. The predicted octanol–water partition coefficient (Wildman–Crippen LogP) is 0.849. The first-order valence-corrected chi connectivity index (χ1v) is 4.62. The van der Waals surface area contributed by atoms with Crippen LogP contribution in [0.15, 0.2) is 10.7 Å². The van der Waals surface area contributed by atoms with Gasteiger partial charge in [-0.25, -0.2) is 0 Å². The van der Waals surface area contributed by atoms with Crippen LogP contribution in [0.3, 0.4) is 0 Å². The fourth-order valence-electron chi connectivity index (χ4n) is 1.17. The number of nitrogen functional groups attached to an aromatic ring is 1. The quantitative estimate of drug-likeness (QED) is 0.696. The van der Waals surface area contributed by atoms with Crippen LogP contribution >= 0.6 is 0 Å². The number of H-pyrrole nitrogens is 1. The van der Waals surface area contributed by atoms with Crippen LogP contribution in [-0.4, -0.2) is 21.3 Å². The van der Waals surface area contributed by atoms with Crippen molar-refractivity contribution in [1.29, 1.82) is 0 Å². The number of aryl methyl sites for hydroxylation is 1. The van der Waals surface area contributed by atoms with E-state index in [2.05, 4.69) is 20.7 Å². The zero-order valence-electron chi connectivity index (χ0n) is 8.87. The molecule has 2 heterocycles. The number of carbonyl (C=O) groups excluding carboxylic acids is 1. The van der Waals surface area contributed by atoms with E-state index in [9.17, 15) is 4.79 Å². The highest BCUT2D eigenvalue weighted by molar-refractivity contribution is 6.05. The zero-order chi connectivity index (χ0) is 11.7. The van der Waals surface area contributed by atoms with E-state index in [4.69, 9.17) is 10.3 Å². The third kappa shape index (κ3) is 1.62. The van der Waals surface area contributed by atoms with Gasteiger partial charge in [-0.3, -0.25) is 15.2 Å². The van der Waals surface area contributed by atoms with Crippen molar-refractivity contribution in [1.82, 2.24) is 15.4 Å². The molecule has 84 valence electrons. The second-order valence-electron chi connectivity index (χ2n) is 3.38. The van der Waals surface area contributed by atoms with Gasteiger partial charge in [0.2, 0.25) is 5.88 Å². The van der Waals surface area contributed by atoms with Gasteiger partial charge in [0.15, 0.2) is 0 Å². The van der Waals surface area contributed by atoms with Crippen LogP contribution in [0.4, 0.5) is 11.6 Å². The summed E-state index contributed by atoms with van der Waals surface area (Å²) >= 11 is 0. The molecule has 0 radical (unpaired) electrons. The van der Waals surface area contributed by atoms with Gasteiger partial charge in [-0.05, 0) is 13.8 Å². The predicted molar refractivity (Wildman–Crippen MR) is 56.9 cm³/mol. The van der Waals surface area contributed by atoms with Gasteiger partial charge in [0.05, 0.1) is 17.6 Å². The Labute approximate surface area is 91.0 Å². The second-order valence-corrected chi connectivity index (χ2v) is 3.38. The summed E-state index contributed by atoms with van der Waals surface area (Å²) in [7, 11) is 0. The summed E-state index contributed by atoms with van der Waals surface area (Å²) in [6.07, 6.45) is 1.37. The van der Waals surface area contributed by atoms with E-state index < -0.39 is 5.91 Å². The summed E-state index contributed by atoms with van der Waals surface area (Å²) in [5.74, 6) is -0.0919. The van der Waals surface area contributed by atoms with Crippen LogP contribution in [0.5, 0.6) is 0 Å². The maximum absolute atomic E-state index is 11.7. The number of aromatic amines is 1. The first-order chi connectivity index (χ1) is 7.59. The first-order valence-electron chi connectivity index (χ1n) is 4.62. The lowest BCUT2D eigenvalue weighted by Crippen LogP contribution is -2.14. The van der Waals surface area contributed by atoms with Gasteiger partial charge in [0, 0.05) is 5.56 Å². The van der Waals surface area contributed by atoms with Crippen LogP contribution in [0.2, 0.25) is 0 Å². The van der Waals surface area contributed by atoms with E-state index in [0.717, 1.165) is 11.3 Å². The molecule has 0 bridgehead atoms. The Morgan fingerprint density at radius 1 is 1.56 bits per heavy atom. The number of hydrogen-bond donors (Lipinski definition) is 3. The third-order valence-corrected chi connectivity index (χ3v) is 2.28. The van der Waals surface area contributed by atoms with Crippen molar-refractivity contribution in [3.63, 3.8) is 0 Å². The summed E-state index contributed by atoms with van der Waals surface area (Å²) in [4.78, 5) is 11.7. The van der Waals surface area contributed by atoms with Gasteiger partial charge in [-0.1, -0.05) is 5.16 Å². The topological polar surface area (TPSA) is 110 Å². The summed E-state index contributed by atoms with van der Waals surface area (Å²) in [5.41, 5.74) is 7.54. The lowest BCUT2D eigenvalue weighted by molar-refractivity contribution is 0.102. The molecule has 7 nitrogen and oxygen atoms in total. The monoisotopic (exact) mass is 221 g/mol. The maximum Gasteiger partial charge on any atom is 0.278 e. The van der Waals surface area contributed by atoms with Crippen molar-refractivity contribution >= 4 is 17.5 Å². The molecule has 16 heavy (non-hydrogen) atoms. The molecule has 0 aliphatic rings. The van der Waals surface area contributed by atoms with E-state index >= 15 is 0 Å². The van der Waals surface area contributed by atoms with E-state index in [1.54, 1.807) is 13.8 Å². The fraction of sp³-hybridized carbons (Fsp3) is 0.222. The number of hydrogen-bond acceptors (Lipinski definition) is 5. The summed E-state index contributed by atoms with van der Waals surface area (Å²) < 4.78 is 4.95. The van der Waals surface area contributed by atoms with E-state index in [1.165, 1.54) is 6.20 Å². The van der Waals surface area contributed by atoms with Gasteiger partial charge in [-0.15, -0.1) is 0 Å². The molecule has 0 aromatic carbocycles. The van der Waals surface area contributed by atoms with E-state index in [-0.39, 0.29) is 11.4 Å². The standard InChI is InChI=1S/C9H11N5O2/c1-4-5(2)14-16-9(4)12-8(15)7-6(10)3-11-13-7/h3H,10H2,1-2H3,(H,11,13)(H,12,15). The molecular formula is C9H11N5O2. The number of carbonyl (C=O) groups is 1. The smallest absolute Gasteiger partial charge is 0.278 e. The molecule has 2 aromatic heterocycles. The number of aromatic nitrogens is 3. The molecule has 0 spiro atoms. The SMILES string of the molecule is Cc1noc(NC(=O)c2[nH]ncc2N)c1C. The highest BCUT2D eigenvalue weighted by atomic mass is 16.5. The summed E-state index contributed by atoms with van der Waals surface area (Å²) in [6, 6.07) is 0. The minimum atomic E-state index is -0.408. The van der Waals surface area contributed by atoms with E-state index in [1.807, 2.05) is 0 Å². The van der Waals surface area contributed by atoms with Crippen molar-refractivity contribution in [3.05, 3.63) is 23.1 Å². The molecule has 0 unspecified atom stereocenters. The number of nitrogens with zero attached hydrogens (tertiary/aromatic N) is 2. The molecule has 2 aromatic rings. The molecular weight excluding hydrogens is 210 g/mol. The third-order valence-electron chi connectivity index (χ3n) is 2.28. The minimum Gasteiger partial charge on any atom is -0.396 e. The lowest BCUT2D eigenvalue weighted by Gasteiger charge is -2.00. The first kappa shape index (κ1) is 10.2. The largest absolute Gasteiger partial charge is 0.396 e. The minimum absolute atomic E-state index is 0.202. The van der Waals surface area contributed by atoms with Crippen LogP contribution < -0.4 is 11.1 Å². The molecule has 0 atom stereocenters. The van der Waals surface area contributed by atoms with Crippen LogP contribution in [-0.2, 0) is 0 Å². The zero-order valence-corrected chi connectivity index (χ0v) is 8.87. The number of anilines is 2. The number of nitrogens with two attached hydrogens (primary N) is 1. The summed E-state index contributed by atoms with van der Waals surface area (Å²) in [6.45, 7) is 3.59. The Hall–Kier alpha value is -2.31. The Bertz CT molecular complexity index is 528. The van der Waals surface area contributed by atoms with E-state index in [0.29, 0.717) is 5.88 Å². The van der Waals surface area contributed by atoms with Crippen molar-refractivity contribution in [3.8, 4) is 0 Å². The normalized spacial score (nSPS) is 10.4. The lowest BCUT2D eigenvalue weighted by atomic mass is 10.3. The van der Waals surface area contributed by atoms with Gasteiger partial charge >= 0.3 is 0 Å². The Morgan fingerprint density at radius 3 is 2.81 bits per heavy atom. The van der Waals surface area contributed by atoms with Crippen LogP contribution in [0, 0.1) is 13.8 Å². The molecule has 0 saturated carbocycles. The van der Waals surface area contributed by atoms with Crippen LogP contribution in [0.25, 0.3) is 0 Å². The number of amides is 1. The highest BCUT2D eigenvalue weighted by Crippen LogP contribution is 2.18. The van der Waals surface area contributed by atoms with Crippen molar-refractivity contribution < 1.29 is 9.32 Å². The molecule has 2 rings (SSSR count). The molecule has 0 aliphatic heterocycles. The Morgan fingerprint density at radius 2 is 2.31 bits per heavy atom. The molecule has 1 amide bonds. The van der Waals surface area contributed by atoms with Gasteiger partial charge < -0.3 is 10.3 Å². The van der Waals surface area contributed by atoms with Crippen molar-refractivity contribution in [2.75, 3.05) is 11.1 Å². The van der Waals surface area contributed by atoms with Gasteiger partial charge in [0.1, 0.15) is 5.69 Å². The fourth-order valence-corrected chi connectivity index (χ4v) is 1.17. The molecule has 0 saturated heterocycles. The molecule has 7 heteroatoms. The van der Waals surface area contributed by atoms with Crippen molar-refractivity contribution in [2.45, 2.75) is 13.8 Å². The van der Waals surface area contributed by atoms with Crippen molar-refractivity contribution in [2.24, 2.45) is 0 Å². The molecule has 0 aliphatic carbocycles. The van der Waals surface area contributed by atoms with Gasteiger partial charge in [-0.2, -0.15) is 5.10 Å². The summed E-state index contributed by atoms with van der Waals surface area (Å²) in [5, 5.41) is 12.4. The van der Waals surface area contributed by atoms with Gasteiger partial charge in [0.25, 0.3) is 5.91 Å². The Balaban J connectivity index is 2.20. The molecule has 0 fully saturated rings. The maximum atomic E-state index is 11.7. The number of rotatable bonds is 2. The average Bonchev–Trinajstić information content (AvgIpc) is 2.79.